The highest BCUT2D eigenvalue weighted by atomic mass is 16.5. The van der Waals surface area contributed by atoms with Crippen molar-refractivity contribution in [1.29, 1.82) is 0 Å². The summed E-state index contributed by atoms with van der Waals surface area (Å²) in [6, 6.07) is 2.31. The number of hydrogen-bond donors (Lipinski definition) is 3. The maximum Gasteiger partial charge on any atom is 0.330 e. The number of methoxy groups -OCH3 is 1. The van der Waals surface area contributed by atoms with Gasteiger partial charge in [0.1, 0.15) is 0 Å². The van der Waals surface area contributed by atoms with E-state index in [1.165, 1.54) is 23.9 Å². The number of carboxylic acid groups (broad SMARTS) is 1. The summed E-state index contributed by atoms with van der Waals surface area (Å²) in [5, 5.41) is 9.98. The number of aromatic nitrogens is 1. The topological polar surface area (TPSA) is 175 Å². The number of nitrogens with zero attached hydrogens (tertiary/aromatic N) is 1. The summed E-state index contributed by atoms with van der Waals surface area (Å²) in [4.78, 5) is 70.1. The summed E-state index contributed by atoms with van der Waals surface area (Å²) >= 11 is 0. The fourth-order valence-corrected chi connectivity index (χ4v) is 3.56. The minimum Gasteiger partial charge on any atom is -0.481 e. The predicted molar refractivity (Wildman–Crippen MR) is 142 cm³/mol. The van der Waals surface area contributed by atoms with Crippen molar-refractivity contribution in [2.75, 3.05) is 13.7 Å². The van der Waals surface area contributed by atoms with Gasteiger partial charge >= 0.3 is 5.97 Å². The smallest absolute Gasteiger partial charge is 0.330 e. The quantitative estimate of drug-likeness (QED) is 0.210. The molecule has 0 aliphatic rings. The Bertz CT molecular complexity index is 1010. The molecular formula is C27H41N3O8. The SMILES string of the molecule is CC(=O)O.CCC(CC)CCC(=O)Cn1cccc(CC(=O)[C@H](CC/C=C/C(=O)OC)NC(=O)CN)c1=O. The summed E-state index contributed by atoms with van der Waals surface area (Å²) in [5.74, 6) is -1.74. The molecule has 0 aliphatic heterocycles. The van der Waals surface area contributed by atoms with Gasteiger partial charge in [-0.3, -0.25) is 24.0 Å². The van der Waals surface area contributed by atoms with E-state index in [1.54, 1.807) is 18.2 Å². The van der Waals surface area contributed by atoms with Crippen molar-refractivity contribution >= 4 is 29.4 Å². The molecule has 4 N–H and O–H groups in total. The monoisotopic (exact) mass is 535 g/mol. The molecule has 1 aromatic rings. The number of ketones is 2. The Balaban J connectivity index is 0.00000318. The van der Waals surface area contributed by atoms with Crippen molar-refractivity contribution in [3.05, 3.63) is 46.4 Å². The third kappa shape index (κ3) is 14.8. The first-order valence-corrected chi connectivity index (χ1v) is 12.6. The van der Waals surface area contributed by atoms with E-state index in [4.69, 9.17) is 15.6 Å². The molecular weight excluding hydrogens is 494 g/mol. The maximum absolute atomic E-state index is 12.9. The van der Waals surface area contributed by atoms with E-state index < -0.39 is 29.4 Å². The zero-order valence-corrected chi connectivity index (χ0v) is 22.7. The molecule has 0 bridgehead atoms. The standard InChI is InChI=1S/C25H37N3O6.C2H4O2/c1-4-18(5-2)12-13-20(29)17-28-14-8-9-19(25(28)33)15-22(30)21(27-23(31)16-26)10-6-7-11-24(32)34-3;1-2(3)4/h7-9,11,14,18,21H,4-6,10,12-13,15-17,26H2,1-3H3,(H,27,31);1H3,(H,3,4)/b11-7+;/t21-;/m0./s1. The first-order valence-electron chi connectivity index (χ1n) is 12.6. The van der Waals surface area contributed by atoms with Crippen LogP contribution in [0, 0.1) is 5.92 Å². The number of ether oxygens (including phenoxy) is 1. The van der Waals surface area contributed by atoms with Crippen LogP contribution in [-0.2, 0) is 41.7 Å². The molecule has 1 aromatic heterocycles. The highest BCUT2D eigenvalue weighted by molar-refractivity contribution is 5.90. The average Bonchev–Trinajstić information content (AvgIpc) is 2.87. The Morgan fingerprint density at radius 1 is 1.16 bits per heavy atom. The van der Waals surface area contributed by atoms with Crippen LogP contribution in [0.5, 0.6) is 0 Å². The number of nitrogens with two attached hydrogens (primary N) is 1. The molecule has 1 atom stereocenters. The van der Waals surface area contributed by atoms with Gasteiger partial charge in [-0.1, -0.05) is 38.8 Å². The highest BCUT2D eigenvalue weighted by Gasteiger charge is 2.21. The van der Waals surface area contributed by atoms with Crippen LogP contribution in [0.15, 0.2) is 35.3 Å². The first kappa shape index (κ1) is 34.4. The molecule has 212 valence electrons. The van der Waals surface area contributed by atoms with Crippen LogP contribution in [0.2, 0.25) is 0 Å². The van der Waals surface area contributed by atoms with Crippen LogP contribution in [-0.4, -0.2) is 58.8 Å². The fraction of sp³-hybridized carbons (Fsp3) is 0.556. The molecule has 1 amide bonds. The van der Waals surface area contributed by atoms with Crippen molar-refractivity contribution in [3.8, 4) is 0 Å². The van der Waals surface area contributed by atoms with Crippen molar-refractivity contribution < 1.29 is 33.8 Å². The normalized spacial score (nSPS) is 11.4. The number of carbonyl (C=O) groups excluding carboxylic acids is 4. The number of pyridine rings is 1. The van der Waals surface area contributed by atoms with Gasteiger partial charge < -0.3 is 25.5 Å². The summed E-state index contributed by atoms with van der Waals surface area (Å²) < 4.78 is 5.84. The molecule has 0 fully saturated rings. The van der Waals surface area contributed by atoms with Gasteiger partial charge in [-0.25, -0.2) is 4.79 Å². The second-order valence-corrected chi connectivity index (χ2v) is 8.72. The van der Waals surface area contributed by atoms with Crippen LogP contribution in [0.4, 0.5) is 0 Å². The molecule has 11 nitrogen and oxygen atoms in total. The second kappa shape index (κ2) is 19.5. The lowest BCUT2D eigenvalue weighted by Gasteiger charge is -2.17. The van der Waals surface area contributed by atoms with Crippen molar-refractivity contribution in [2.24, 2.45) is 11.7 Å². The van der Waals surface area contributed by atoms with Crippen molar-refractivity contribution in [3.63, 3.8) is 0 Å². The van der Waals surface area contributed by atoms with Gasteiger partial charge in [-0.2, -0.15) is 0 Å². The Hall–Kier alpha value is -3.60. The Morgan fingerprint density at radius 2 is 1.79 bits per heavy atom. The zero-order chi connectivity index (χ0) is 29.1. The maximum atomic E-state index is 12.9. The number of hydrogen-bond acceptors (Lipinski definition) is 8. The number of rotatable bonds is 16. The highest BCUT2D eigenvalue weighted by Crippen LogP contribution is 2.15. The number of esters is 1. The largest absolute Gasteiger partial charge is 0.481 e. The number of amides is 1. The molecule has 0 radical (unpaired) electrons. The van der Waals surface area contributed by atoms with E-state index in [0.717, 1.165) is 26.2 Å². The predicted octanol–water partition coefficient (Wildman–Crippen LogP) is 1.79. The van der Waals surface area contributed by atoms with Crippen LogP contribution >= 0.6 is 0 Å². The zero-order valence-electron chi connectivity index (χ0n) is 22.7. The van der Waals surface area contributed by atoms with Gasteiger partial charge in [0.05, 0.1) is 26.2 Å². The molecule has 0 aromatic carbocycles. The number of aliphatic carboxylic acids is 1. The van der Waals surface area contributed by atoms with Gasteiger partial charge in [0, 0.05) is 37.6 Å². The molecule has 0 saturated heterocycles. The van der Waals surface area contributed by atoms with E-state index in [1.807, 2.05) is 0 Å². The van der Waals surface area contributed by atoms with E-state index in [2.05, 4.69) is 23.9 Å². The summed E-state index contributed by atoms with van der Waals surface area (Å²) in [5.41, 5.74) is 5.20. The number of Topliss-reactive ketones (excluding diaryl/α,β-unsaturated/α-hetero) is 2. The number of carbonyl (C=O) groups is 5. The molecule has 0 unspecified atom stereocenters. The lowest BCUT2D eigenvalue weighted by molar-refractivity contribution is -0.135. The first-order chi connectivity index (χ1) is 18.0. The van der Waals surface area contributed by atoms with Crippen LogP contribution in [0.3, 0.4) is 0 Å². The minimum absolute atomic E-state index is 0.0250. The summed E-state index contributed by atoms with van der Waals surface area (Å²) in [6.45, 7) is 4.97. The van der Waals surface area contributed by atoms with Gasteiger partial charge in [0.15, 0.2) is 11.6 Å². The molecule has 0 spiro atoms. The molecule has 0 saturated carbocycles. The fourth-order valence-electron chi connectivity index (χ4n) is 3.56. The Morgan fingerprint density at radius 3 is 2.34 bits per heavy atom. The van der Waals surface area contributed by atoms with Gasteiger partial charge in [-0.05, 0) is 31.2 Å². The molecule has 1 heterocycles. The number of allylic oxidation sites excluding steroid dienone is 1. The van der Waals surface area contributed by atoms with Crippen LogP contribution in [0.1, 0.15) is 64.9 Å². The van der Waals surface area contributed by atoms with E-state index in [9.17, 15) is 24.0 Å². The van der Waals surface area contributed by atoms with E-state index in [-0.39, 0.29) is 43.1 Å². The number of carboxylic acids is 1. The third-order valence-electron chi connectivity index (χ3n) is 5.78. The third-order valence-corrected chi connectivity index (χ3v) is 5.78. The second-order valence-electron chi connectivity index (χ2n) is 8.72. The average molecular weight is 536 g/mol. The molecule has 1 rings (SSSR count). The summed E-state index contributed by atoms with van der Waals surface area (Å²) in [7, 11) is 1.26. The lowest BCUT2D eigenvalue weighted by Crippen LogP contribution is -2.44. The Kier molecular flexibility index (Phi) is 17.7. The molecule has 0 aliphatic carbocycles. The van der Waals surface area contributed by atoms with Gasteiger partial charge in [0.25, 0.3) is 11.5 Å². The van der Waals surface area contributed by atoms with Crippen molar-refractivity contribution in [1.82, 2.24) is 9.88 Å². The lowest BCUT2D eigenvalue weighted by atomic mass is 9.96. The number of nitrogens with one attached hydrogen (secondary N) is 1. The van der Waals surface area contributed by atoms with E-state index in [0.29, 0.717) is 18.8 Å². The van der Waals surface area contributed by atoms with Crippen molar-refractivity contribution in [2.45, 2.75) is 78.3 Å². The van der Waals surface area contributed by atoms with Gasteiger partial charge in [0.2, 0.25) is 5.91 Å². The van der Waals surface area contributed by atoms with Gasteiger partial charge in [-0.15, -0.1) is 0 Å². The molecule has 38 heavy (non-hydrogen) atoms. The molecule has 11 heteroatoms. The minimum atomic E-state index is -0.868. The van der Waals surface area contributed by atoms with Crippen LogP contribution in [0.25, 0.3) is 0 Å². The summed E-state index contributed by atoms with van der Waals surface area (Å²) in [6.07, 6.45) is 7.93. The van der Waals surface area contributed by atoms with E-state index >= 15 is 0 Å². The van der Waals surface area contributed by atoms with Crippen LogP contribution < -0.4 is 16.6 Å². The Labute approximate surface area is 223 Å².